The normalized spacial score (nSPS) is 12.8. The van der Waals surface area contributed by atoms with E-state index < -0.39 is 24.0 Å². The van der Waals surface area contributed by atoms with E-state index in [2.05, 4.69) is 9.47 Å². The summed E-state index contributed by atoms with van der Waals surface area (Å²) in [6.07, 6.45) is 0. The molecule has 0 amide bonds. The number of carbonyl (C=O) groups excluding carboxylic acids is 2. The minimum atomic E-state index is -0.656. The maximum absolute atomic E-state index is 10.9. The molecular formula is C10H22N2O4S2. The van der Waals surface area contributed by atoms with Crippen LogP contribution in [-0.2, 0) is 19.1 Å². The van der Waals surface area contributed by atoms with Crippen LogP contribution in [0.3, 0.4) is 0 Å². The first kappa shape index (κ1) is 19.9. The molecule has 18 heavy (non-hydrogen) atoms. The number of ether oxygens (including phenoxy) is 2. The van der Waals surface area contributed by atoms with Crippen LogP contribution in [-0.4, -0.2) is 49.7 Å². The maximum atomic E-state index is 10.9. The van der Waals surface area contributed by atoms with E-state index in [1.165, 1.54) is 35.8 Å². The summed E-state index contributed by atoms with van der Waals surface area (Å²) in [6.45, 7) is 4.00. The zero-order chi connectivity index (χ0) is 14.6. The Labute approximate surface area is 116 Å². The third-order valence-electron chi connectivity index (χ3n) is 1.59. The number of carbonyl (C=O) groups is 2. The van der Waals surface area contributed by atoms with Crippen molar-refractivity contribution in [1.82, 2.24) is 0 Å². The van der Waals surface area contributed by atoms with Crippen molar-refractivity contribution in [3.63, 3.8) is 0 Å². The Morgan fingerprint density at radius 2 is 1.22 bits per heavy atom. The van der Waals surface area contributed by atoms with Gasteiger partial charge in [0.2, 0.25) is 0 Å². The molecule has 0 heterocycles. The number of hydrogen-bond acceptors (Lipinski definition) is 8. The summed E-state index contributed by atoms with van der Waals surface area (Å²) in [5, 5.41) is 0. The quantitative estimate of drug-likeness (QED) is 0.395. The van der Waals surface area contributed by atoms with Crippen molar-refractivity contribution in [2.24, 2.45) is 11.5 Å². The first-order valence-corrected chi connectivity index (χ1v) is 7.93. The monoisotopic (exact) mass is 298 g/mol. The van der Waals surface area contributed by atoms with Gasteiger partial charge in [-0.2, -0.15) is 0 Å². The number of methoxy groups -OCH3 is 2. The largest absolute Gasteiger partial charge is 0.468 e. The average Bonchev–Trinajstić information content (AvgIpc) is 2.43. The summed E-state index contributed by atoms with van der Waals surface area (Å²) in [5.41, 5.74) is 11.0. The van der Waals surface area contributed by atoms with Gasteiger partial charge in [0, 0.05) is 11.5 Å². The van der Waals surface area contributed by atoms with Crippen molar-refractivity contribution in [3.8, 4) is 0 Å². The van der Waals surface area contributed by atoms with Crippen LogP contribution in [0.15, 0.2) is 0 Å². The van der Waals surface area contributed by atoms with Crippen LogP contribution in [0.25, 0.3) is 0 Å². The molecule has 0 aliphatic carbocycles. The van der Waals surface area contributed by atoms with E-state index in [4.69, 9.17) is 11.5 Å². The lowest BCUT2D eigenvalue weighted by atomic mass is 10.4. The highest BCUT2D eigenvalue weighted by molar-refractivity contribution is 8.76. The lowest BCUT2D eigenvalue weighted by Crippen LogP contribution is -2.34. The van der Waals surface area contributed by atoms with Crippen LogP contribution < -0.4 is 11.5 Å². The van der Waals surface area contributed by atoms with Gasteiger partial charge in [-0.3, -0.25) is 9.59 Å². The number of nitrogens with two attached hydrogens (primary N) is 2. The third kappa shape index (κ3) is 9.58. The Hall–Kier alpha value is -0.440. The highest BCUT2D eigenvalue weighted by Gasteiger charge is 2.16. The molecule has 0 saturated heterocycles. The molecule has 0 spiro atoms. The lowest BCUT2D eigenvalue weighted by Gasteiger charge is -2.10. The Bertz CT molecular complexity index is 218. The molecule has 6 nitrogen and oxygen atoms in total. The highest BCUT2D eigenvalue weighted by Crippen LogP contribution is 2.22. The molecule has 0 aliphatic rings. The molecule has 0 bridgehead atoms. The van der Waals surface area contributed by atoms with E-state index in [0.717, 1.165) is 0 Å². The molecule has 2 atom stereocenters. The summed E-state index contributed by atoms with van der Waals surface area (Å²) in [5.74, 6) is -0.0908. The summed E-state index contributed by atoms with van der Waals surface area (Å²) < 4.78 is 8.92. The molecule has 0 radical (unpaired) electrons. The summed E-state index contributed by atoms with van der Waals surface area (Å²) in [7, 11) is 5.30. The van der Waals surface area contributed by atoms with Gasteiger partial charge in [0.05, 0.1) is 14.2 Å². The standard InChI is InChI=1S/C8H16N2O4S2.C2H6/c1-13-7(11)5(9)3-15-16-4-6(10)8(12)14-2;1-2/h5-6H,3-4,9-10H2,1-2H3;1-2H3. The molecule has 0 saturated carbocycles. The maximum Gasteiger partial charge on any atom is 0.323 e. The van der Waals surface area contributed by atoms with E-state index in [1.54, 1.807) is 0 Å². The van der Waals surface area contributed by atoms with Gasteiger partial charge >= 0.3 is 11.9 Å². The van der Waals surface area contributed by atoms with E-state index in [0.29, 0.717) is 11.5 Å². The van der Waals surface area contributed by atoms with Crippen molar-refractivity contribution in [2.75, 3.05) is 25.7 Å². The van der Waals surface area contributed by atoms with Crippen LogP contribution in [0.5, 0.6) is 0 Å². The summed E-state index contributed by atoms with van der Waals surface area (Å²) in [6, 6.07) is -1.31. The third-order valence-corrected chi connectivity index (χ3v) is 4.06. The molecule has 0 aromatic carbocycles. The highest BCUT2D eigenvalue weighted by atomic mass is 33.1. The SMILES string of the molecule is CC.COC(=O)C(N)CSSCC(N)C(=O)OC. The fraction of sp³-hybridized carbons (Fsp3) is 0.800. The zero-order valence-electron chi connectivity index (χ0n) is 11.2. The van der Waals surface area contributed by atoms with Crippen LogP contribution in [0.2, 0.25) is 0 Å². The molecular weight excluding hydrogens is 276 g/mol. The average molecular weight is 298 g/mol. The number of rotatable bonds is 7. The second kappa shape index (κ2) is 13.0. The van der Waals surface area contributed by atoms with Crippen molar-refractivity contribution in [2.45, 2.75) is 25.9 Å². The van der Waals surface area contributed by atoms with E-state index in [-0.39, 0.29) is 0 Å². The molecule has 8 heteroatoms. The predicted molar refractivity (Wildman–Crippen MR) is 76.2 cm³/mol. The van der Waals surface area contributed by atoms with Gasteiger partial charge in [-0.25, -0.2) is 0 Å². The molecule has 0 aromatic rings. The van der Waals surface area contributed by atoms with Crippen molar-refractivity contribution in [3.05, 3.63) is 0 Å². The van der Waals surface area contributed by atoms with Crippen LogP contribution in [0.4, 0.5) is 0 Å². The number of hydrogen-bond donors (Lipinski definition) is 2. The van der Waals surface area contributed by atoms with Gasteiger partial charge < -0.3 is 20.9 Å². The fourth-order valence-corrected chi connectivity index (χ4v) is 2.90. The molecule has 0 rings (SSSR count). The predicted octanol–water partition coefficient (Wildman–Crippen LogP) is 0.395. The minimum Gasteiger partial charge on any atom is -0.468 e. The molecule has 108 valence electrons. The first-order valence-electron chi connectivity index (χ1n) is 5.44. The summed E-state index contributed by atoms with van der Waals surface area (Å²) >= 11 is 0. The lowest BCUT2D eigenvalue weighted by molar-refractivity contribution is -0.142. The van der Waals surface area contributed by atoms with Gasteiger partial charge in [0.15, 0.2) is 0 Å². The van der Waals surface area contributed by atoms with Gasteiger partial charge in [0.25, 0.3) is 0 Å². The van der Waals surface area contributed by atoms with Crippen molar-refractivity contribution in [1.29, 1.82) is 0 Å². The van der Waals surface area contributed by atoms with Crippen molar-refractivity contribution >= 4 is 33.5 Å². The van der Waals surface area contributed by atoms with Crippen LogP contribution in [0, 0.1) is 0 Å². The molecule has 4 N–H and O–H groups in total. The summed E-state index contributed by atoms with van der Waals surface area (Å²) in [4.78, 5) is 21.9. The Kier molecular flexibility index (Phi) is 14.4. The molecule has 0 fully saturated rings. The second-order valence-electron chi connectivity index (χ2n) is 2.83. The van der Waals surface area contributed by atoms with Gasteiger partial charge in [-0.15, -0.1) is 0 Å². The Morgan fingerprint density at radius 3 is 1.44 bits per heavy atom. The number of esters is 2. The fourth-order valence-electron chi connectivity index (χ4n) is 0.682. The van der Waals surface area contributed by atoms with E-state index in [1.807, 2.05) is 13.8 Å². The smallest absolute Gasteiger partial charge is 0.323 e. The van der Waals surface area contributed by atoms with E-state index >= 15 is 0 Å². The van der Waals surface area contributed by atoms with Gasteiger partial charge in [-0.1, -0.05) is 35.4 Å². The second-order valence-corrected chi connectivity index (χ2v) is 5.38. The Morgan fingerprint density at radius 1 is 0.944 bits per heavy atom. The van der Waals surface area contributed by atoms with Crippen molar-refractivity contribution < 1.29 is 19.1 Å². The Balaban J connectivity index is 0. The topological polar surface area (TPSA) is 105 Å². The first-order chi connectivity index (χ1) is 8.52. The molecule has 0 aromatic heterocycles. The molecule has 0 aliphatic heterocycles. The van der Waals surface area contributed by atoms with Crippen LogP contribution in [0.1, 0.15) is 13.8 Å². The van der Waals surface area contributed by atoms with Gasteiger partial charge in [0.1, 0.15) is 12.1 Å². The minimum absolute atomic E-state index is 0.408. The zero-order valence-corrected chi connectivity index (χ0v) is 12.8. The van der Waals surface area contributed by atoms with E-state index in [9.17, 15) is 9.59 Å². The van der Waals surface area contributed by atoms with Crippen LogP contribution >= 0.6 is 21.6 Å². The van der Waals surface area contributed by atoms with Gasteiger partial charge in [-0.05, 0) is 0 Å². The molecule has 2 unspecified atom stereocenters.